The highest BCUT2D eigenvalue weighted by atomic mass is 19.1. The maximum absolute atomic E-state index is 13.3. The molecule has 1 rings (SSSR count). The molecule has 0 aliphatic rings. The van der Waals surface area contributed by atoms with E-state index in [9.17, 15) is 9.18 Å². The highest BCUT2D eigenvalue weighted by Crippen LogP contribution is 2.26. The van der Waals surface area contributed by atoms with E-state index >= 15 is 0 Å². The van der Waals surface area contributed by atoms with Gasteiger partial charge in [-0.15, -0.1) is 0 Å². The summed E-state index contributed by atoms with van der Waals surface area (Å²) in [6.45, 7) is 5.60. The number of halogens is 1. The smallest absolute Gasteiger partial charge is 0.171 e. The summed E-state index contributed by atoms with van der Waals surface area (Å²) in [5, 5.41) is 0. The third-order valence-electron chi connectivity index (χ3n) is 2.62. The molecule has 0 radical (unpaired) electrons. The minimum Gasteiger partial charge on any atom is -0.293 e. The van der Waals surface area contributed by atoms with E-state index in [1.807, 2.05) is 20.8 Å². The summed E-state index contributed by atoms with van der Waals surface area (Å²) >= 11 is 0. The van der Waals surface area contributed by atoms with Crippen LogP contribution in [-0.2, 0) is 0 Å². The Hall–Kier alpha value is -1.18. The summed E-state index contributed by atoms with van der Waals surface area (Å²) < 4.78 is 13.3. The third kappa shape index (κ3) is 2.00. The van der Waals surface area contributed by atoms with Gasteiger partial charge in [0, 0.05) is 5.41 Å². The molecule has 0 aromatic heterocycles. The van der Waals surface area contributed by atoms with E-state index in [0.717, 1.165) is 0 Å². The van der Waals surface area contributed by atoms with E-state index in [2.05, 4.69) is 0 Å². The van der Waals surface area contributed by atoms with Gasteiger partial charge < -0.3 is 0 Å². The molecule has 0 saturated heterocycles. The maximum atomic E-state index is 13.3. The van der Waals surface area contributed by atoms with Crippen LogP contribution in [-0.4, -0.2) is 5.78 Å². The van der Waals surface area contributed by atoms with Crippen molar-refractivity contribution >= 4 is 5.78 Å². The summed E-state index contributed by atoms with van der Waals surface area (Å²) in [5.74, 6) is -0.558. The van der Waals surface area contributed by atoms with Crippen molar-refractivity contribution in [1.29, 1.82) is 0 Å². The zero-order chi connectivity index (χ0) is 10.8. The number of carbonyl (C=O) groups excluding carboxylic acids is 1. The van der Waals surface area contributed by atoms with E-state index in [0.29, 0.717) is 6.42 Å². The average molecular weight is 194 g/mol. The Kier molecular flexibility index (Phi) is 3.04. The number of hydrogen-bond acceptors (Lipinski definition) is 1. The Bertz CT molecular complexity index is 342. The first kappa shape index (κ1) is 10.9. The van der Waals surface area contributed by atoms with Gasteiger partial charge in [0.1, 0.15) is 5.82 Å². The summed E-state index contributed by atoms with van der Waals surface area (Å²) in [7, 11) is 0. The number of benzene rings is 1. The van der Waals surface area contributed by atoms with E-state index in [1.165, 1.54) is 12.1 Å². The lowest BCUT2D eigenvalue weighted by molar-refractivity contribution is 0.0828. The molecule has 14 heavy (non-hydrogen) atoms. The van der Waals surface area contributed by atoms with Crippen molar-refractivity contribution < 1.29 is 9.18 Å². The second-order valence-electron chi connectivity index (χ2n) is 4.05. The van der Waals surface area contributed by atoms with Gasteiger partial charge in [-0.1, -0.05) is 32.9 Å². The molecule has 0 spiro atoms. The molecule has 2 heteroatoms. The predicted octanol–water partition coefficient (Wildman–Crippen LogP) is 3.44. The number of rotatable bonds is 3. The van der Waals surface area contributed by atoms with Crippen LogP contribution >= 0.6 is 0 Å². The molecule has 1 aromatic carbocycles. The summed E-state index contributed by atoms with van der Waals surface area (Å²) in [4.78, 5) is 11.9. The van der Waals surface area contributed by atoms with Crippen LogP contribution in [0.4, 0.5) is 4.39 Å². The van der Waals surface area contributed by atoms with Crippen LogP contribution in [0.2, 0.25) is 0 Å². The van der Waals surface area contributed by atoms with Gasteiger partial charge in [-0.25, -0.2) is 4.39 Å². The van der Waals surface area contributed by atoms with Gasteiger partial charge in [0.2, 0.25) is 0 Å². The lowest BCUT2D eigenvalue weighted by atomic mass is 9.82. The Morgan fingerprint density at radius 1 is 1.36 bits per heavy atom. The van der Waals surface area contributed by atoms with E-state index in [1.54, 1.807) is 12.1 Å². The molecular weight excluding hydrogens is 179 g/mol. The molecule has 0 unspecified atom stereocenters. The fraction of sp³-hybridized carbons (Fsp3) is 0.417. The van der Waals surface area contributed by atoms with E-state index in [4.69, 9.17) is 0 Å². The Morgan fingerprint density at radius 3 is 2.43 bits per heavy atom. The molecule has 0 saturated carbocycles. The molecule has 76 valence electrons. The molecule has 0 aliphatic heterocycles. The predicted molar refractivity (Wildman–Crippen MR) is 54.8 cm³/mol. The van der Waals surface area contributed by atoms with Crippen LogP contribution in [0.25, 0.3) is 0 Å². The van der Waals surface area contributed by atoms with Crippen molar-refractivity contribution in [1.82, 2.24) is 0 Å². The Balaban J connectivity index is 3.07. The van der Waals surface area contributed by atoms with Crippen molar-refractivity contribution in [3.63, 3.8) is 0 Å². The van der Waals surface area contributed by atoms with E-state index in [-0.39, 0.29) is 11.3 Å². The molecule has 1 nitrogen and oxygen atoms in total. The van der Waals surface area contributed by atoms with Gasteiger partial charge in [-0.3, -0.25) is 4.79 Å². The molecule has 0 bridgehead atoms. The molecule has 0 atom stereocenters. The van der Waals surface area contributed by atoms with Crippen LogP contribution in [0.1, 0.15) is 37.6 Å². The zero-order valence-corrected chi connectivity index (χ0v) is 8.80. The van der Waals surface area contributed by atoms with Gasteiger partial charge >= 0.3 is 0 Å². The van der Waals surface area contributed by atoms with Crippen molar-refractivity contribution in [2.75, 3.05) is 0 Å². The van der Waals surface area contributed by atoms with Crippen LogP contribution in [0.5, 0.6) is 0 Å². The standard InChI is InChI=1S/C12H15FO/c1-4-12(2,3)11(14)9-7-5-6-8-10(9)13/h5-8H,4H2,1-3H3. The first-order chi connectivity index (χ1) is 6.49. The Labute approximate surface area is 83.9 Å². The number of Topliss-reactive ketones (excluding diaryl/α,β-unsaturated/α-hetero) is 1. The highest BCUT2D eigenvalue weighted by molar-refractivity contribution is 6.00. The van der Waals surface area contributed by atoms with Crippen LogP contribution in [0.3, 0.4) is 0 Å². The molecule has 0 N–H and O–H groups in total. The van der Waals surface area contributed by atoms with Gasteiger partial charge in [0.05, 0.1) is 5.56 Å². The van der Waals surface area contributed by atoms with Crippen LogP contribution in [0, 0.1) is 11.2 Å². The zero-order valence-electron chi connectivity index (χ0n) is 8.80. The first-order valence-corrected chi connectivity index (χ1v) is 4.78. The topological polar surface area (TPSA) is 17.1 Å². The fourth-order valence-electron chi connectivity index (χ4n) is 1.17. The third-order valence-corrected chi connectivity index (χ3v) is 2.62. The van der Waals surface area contributed by atoms with Gasteiger partial charge in [-0.2, -0.15) is 0 Å². The van der Waals surface area contributed by atoms with Crippen molar-refractivity contribution in [2.24, 2.45) is 5.41 Å². The summed E-state index contributed by atoms with van der Waals surface area (Å²) in [5.41, 5.74) is -0.290. The number of hydrogen-bond donors (Lipinski definition) is 0. The van der Waals surface area contributed by atoms with Gasteiger partial charge in [-0.05, 0) is 18.6 Å². The monoisotopic (exact) mass is 194 g/mol. The molecule has 0 heterocycles. The molecule has 0 aliphatic carbocycles. The lowest BCUT2D eigenvalue weighted by Crippen LogP contribution is -2.24. The quantitative estimate of drug-likeness (QED) is 0.673. The highest BCUT2D eigenvalue weighted by Gasteiger charge is 2.28. The molecular formula is C12H15FO. The molecule has 0 amide bonds. The number of carbonyl (C=O) groups is 1. The van der Waals surface area contributed by atoms with Gasteiger partial charge in [0.15, 0.2) is 5.78 Å². The largest absolute Gasteiger partial charge is 0.293 e. The Morgan fingerprint density at radius 2 is 1.93 bits per heavy atom. The minimum atomic E-state index is -0.484. The van der Waals surface area contributed by atoms with E-state index < -0.39 is 11.2 Å². The van der Waals surface area contributed by atoms with Gasteiger partial charge in [0.25, 0.3) is 0 Å². The second kappa shape index (κ2) is 3.91. The van der Waals surface area contributed by atoms with Crippen LogP contribution in [0.15, 0.2) is 24.3 Å². The fourth-order valence-corrected chi connectivity index (χ4v) is 1.17. The minimum absolute atomic E-state index is 0.127. The molecule has 1 aromatic rings. The van der Waals surface area contributed by atoms with Crippen LogP contribution < -0.4 is 0 Å². The number of ketones is 1. The van der Waals surface area contributed by atoms with Crippen molar-refractivity contribution in [3.8, 4) is 0 Å². The first-order valence-electron chi connectivity index (χ1n) is 4.78. The summed E-state index contributed by atoms with van der Waals surface area (Å²) in [6.07, 6.45) is 0.708. The lowest BCUT2D eigenvalue weighted by Gasteiger charge is -2.20. The second-order valence-corrected chi connectivity index (χ2v) is 4.05. The molecule has 0 fully saturated rings. The normalized spacial score (nSPS) is 11.4. The van der Waals surface area contributed by atoms with Crippen molar-refractivity contribution in [2.45, 2.75) is 27.2 Å². The SMILES string of the molecule is CCC(C)(C)C(=O)c1ccccc1F. The summed E-state index contributed by atoms with van der Waals surface area (Å²) in [6, 6.07) is 6.13. The van der Waals surface area contributed by atoms with Crippen molar-refractivity contribution in [3.05, 3.63) is 35.6 Å². The maximum Gasteiger partial charge on any atom is 0.171 e. The average Bonchev–Trinajstić information content (AvgIpc) is 2.17.